The molecule has 0 radical (unpaired) electrons. The van der Waals surface area contributed by atoms with Crippen molar-refractivity contribution in [3.8, 4) is 0 Å². The third kappa shape index (κ3) is 16.7. The van der Waals surface area contributed by atoms with E-state index in [0.717, 1.165) is 0 Å². The molecule has 0 aliphatic heterocycles. The van der Waals surface area contributed by atoms with Crippen molar-refractivity contribution in [3.05, 3.63) is 35.9 Å². The van der Waals surface area contributed by atoms with Gasteiger partial charge in [-0.15, -0.1) is 0 Å². The molecule has 9 unspecified atom stereocenters. The molecule has 1 aromatic rings. The Kier molecular flexibility index (Phi) is 20.7. The fraction of sp³-hybridized carbons (Fsp3) is 0.633. The van der Waals surface area contributed by atoms with Gasteiger partial charge in [-0.05, 0) is 18.4 Å². The molecule has 290 valence electrons. The van der Waals surface area contributed by atoms with Gasteiger partial charge in [0.1, 0.15) is 55.3 Å². The number of hydrogen-bond acceptors (Lipinski definition) is 16. The van der Waals surface area contributed by atoms with E-state index in [1.807, 2.05) is 0 Å². The number of carboxylic acid groups (broad SMARTS) is 1. The zero-order valence-corrected chi connectivity index (χ0v) is 27.4. The summed E-state index contributed by atoms with van der Waals surface area (Å²) in [5, 5.41) is 114. The highest BCUT2D eigenvalue weighted by molar-refractivity contribution is 5.90. The minimum atomic E-state index is -1.96. The van der Waals surface area contributed by atoms with Gasteiger partial charge in [0.25, 0.3) is 0 Å². The Hall–Kier alpha value is -4.03. The van der Waals surface area contributed by atoms with Crippen LogP contribution in [0.15, 0.2) is 30.3 Å². The quantitative estimate of drug-likeness (QED) is 0.0469. The highest BCUT2D eigenvalue weighted by atomic mass is 16.5. The summed E-state index contributed by atoms with van der Waals surface area (Å²) < 4.78 is 5.10. The van der Waals surface area contributed by atoms with E-state index in [9.17, 15) is 69.9 Å². The summed E-state index contributed by atoms with van der Waals surface area (Å²) in [5.41, 5.74) is 0.593. The lowest BCUT2D eigenvalue weighted by atomic mass is 10.0. The molecule has 0 aromatic heterocycles. The summed E-state index contributed by atoms with van der Waals surface area (Å²) in [4.78, 5) is 62.3. The van der Waals surface area contributed by atoms with Gasteiger partial charge in [-0.1, -0.05) is 30.3 Å². The van der Waals surface area contributed by atoms with Crippen LogP contribution < -0.4 is 21.3 Å². The van der Waals surface area contributed by atoms with Crippen LogP contribution in [0.2, 0.25) is 0 Å². The number of rotatable bonds is 24. The van der Waals surface area contributed by atoms with Crippen LogP contribution in [0.5, 0.6) is 0 Å². The van der Waals surface area contributed by atoms with Crippen LogP contribution in [0.3, 0.4) is 0 Å². The summed E-state index contributed by atoms with van der Waals surface area (Å²) >= 11 is 0. The number of hydrogen-bond donors (Lipinski definition) is 15. The van der Waals surface area contributed by atoms with Gasteiger partial charge in [0.2, 0.25) is 17.7 Å². The van der Waals surface area contributed by atoms with Crippen molar-refractivity contribution in [1.82, 2.24) is 21.3 Å². The minimum absolute atomic E-state index is 0.210. The Morgan fingerprint density at radius 3 is 1.47 bits per heavy atom. The normalized spacial score (nSPS) is 17.2. The molecule has 0 heterocycles. The van der Waals surface area contributed by atoms with Gasteiger partial charge in [-0.25, -0.2) is 9.59 Å². The molecule has 4 amide bonds. The van der Waals surface area contributed by atoms with E-state index in [1.165, 1.54) is 0 Å². The first-order valence-corrected chi connectivity index (χ1v) is 15.7. The van der Waals surface area contributed by atoms with Crippen LogP contribution in [0.4, 0.5) is 4.79 Å². The maximum absolute atomic E-state index is 13.1. The molecule has 1 rings (SSSR count). The molecule has 21 nitrogen and oxygen atoms in total. The summed E-state index contributed by atoms with van der Waals surface area (Å²) in [6.45, 7) is -3.32. The van der Waals surface area contributed by atoms with Crippen molar-refractivity contribution in [2.45, 2.75) is 93.2 Å². The van der Waals surface area contributed by atoms with E-state index >= 15 is 0 Å². The Morgan fingerprint density at radius 1 is 0.608 bits per heavy atom. The molecule has 0 bridgehead atoms. The highest BCUT2D eigenvalue weighted by Crippen LogP contribution is 2.08. The number of nitrogens with one attached hydrogen (secondary N) is 4. The second-order valence-electron chi connectivity index (χ2n) is 11.4. The Labute approximate surface area is 291 Å². The Bertz CT molecular complexity index is 1230. The molecule has 0 saturated carbocycles. The second kappa shape index (κ2) is 23.4. The first kappa shape index (κ1) is 45.0. The topological polar surface area (TPSA) is 365 Å². The lowest BCUT2D eigenvalue weighted by molar-refractivity contribution is -0.142. The molecule has 15 N–H and O–H groups in total. The van der Waals surface area contributed by atoms with Gasteiger partial charge in [-0.3, -0.25) is 14.4 Å². The zero-order chi connectivity index (χ0) is 38.7. The third-order valence-corrected chi connectivity index (χ3v) is 7.42. The summed E-state index contributed by atoms with van der Waals surface area (Å²) in [6, 6.07) is 5.10. The van der Waals surface area contributed by atoms with E-state index in [2.05, 4.69) is 21.3 Å². The Balaban J connectivity index is 2.85. The van der Waals surface area contributed by atoms with Gasteiger partial charge in [-0.2, -0.15) is 0 Å². The van der Waals surface area contributed by atoms with E-state index in [1.54, 1.807) is 30.3 Å². The summed E-state index contributed by atoms with van der Waals surface area (Å²) in [6.07, 6.45) is -18.1. The van der Waals surface area contributed by atoms with Crippen molar-refractivity contribution in [2.75, 3.05) is 26.3 Å². The second-order valence-corrected chi connectivity index (χ2v) is 11.4. The molecule has 0 aliphatic carbocycles. The van der Waals surface area contributed by atoms with Crippen LogP contribution in [0.1, 0.15) is 31.2 Å². The number of carbonyl (C=O) groups excluding carboxylic acids is 4. The molecular formula is C30H48N4O17. The molecule has 21 heteroatoms. The highest BCUT2D eigenvalue weighted by Gasteiger charge is 2.32. The number of aliphatic carboxylic acids is 1. The minimum Gasteiger partial charge on any atom is -0.480 e. The molecule has 0 saturated heterocycles. The SMILES string of the molecule is O=C(CCC(NC(=O)OCc1ccccc1)C(=O)N[C@@H](CCC(=O)NCC(O)C(O)C(O)C(O)CO)C(=O)O)NCC(O)C(O)C(O)C(O)CO. The molecule has 1 aromatic carbocycles. The van der Waals surface area contributed by atoms with Gasteiger partial charge in [0.05, 0.1) is 25.4 Å². The number of carbonyl (C=O) groups is 5. The molecule has 51 heavy (non-hydrogen) atoms. The van der Waals surface area contributed by atoms with E-state index < -0.39 is 143 Å². The monoisotopic (exact) mass is 736 g/mol. The first-order chi connectivity index (χ1) is 24.0. The smallest absolute Gasteiger partial charge is 0.408 e. The maximum atomic E-state index is 13.1. The van der Waals surface area contributed by atoms with Crippen molar-refractivity contribution in [3.63, 3.8) is 0 Å². The number of aliphatic hydroxyl groups is 10. The lowest BCUT2D eigenvalue weighted by Gasteiger charge is -2.26. The molecule has 0 aliphatic rings. The predicted octanol–water partition coefficient (Wildman–Crippen LogP) is -6.48. The van der Waals surface area contributed by atoms with Gasteiger partial charge in [0, 0.05) is 25.9 Å². The molecule has 0 spiro atoms. The average molecular weight is 737 g/mol. The number of ether oxygens (including phenoxy) is 1. The molecule has 0 fully saturated rings. The summed E-state index contributed by atoms with van der Waals surface area (Å²) in [7, 11) is 0. The number of amides is 4. The van der Waals surface area contributed by atoms with Crippen molar-refractivity contribution < 1.29 is 84.9 Å². The molecular weight excluding hydrogens is 688 g/mol. The van der Waals surface area contributed by atoms with Crippen LogP contribution in [0, 0.1) is 0 Å². The van der Waals surface area contributed by atoms with Crippen molar-refractivity contribution in [2.24, 2.45) is 0 Å². The number of alkyl carbamates (subject to hydrolysis) is 1. The van der Waals surface area contributed by atoms with Crippen LogP contribution in [-0.2, 0) is 30.5 Å². The number of benzene rings is 1. The summed E-state index contributed by atoms with van der Waals surface area (Å²) in [5.74, 6) is -4.36. The fourth-order valence-corrected chi connectivity index (χ4v) is 4.24. The van der Waals surface area contributed by atoms with Crippen LogP contribution in [-0.4, -0.2) is 173 Å². The van der Waals surface area contributed by atoms with Crippen molar-refractivity contribution in [1.29, 1.82) is 0 Å². The standard InChI is InChI=1S/C30H48N4O17/c35-12-20(39)26(45)24(43)18(37)10-31-22(41)8-6-16(34-30(50)51-14-15-4-2-1-3-5-15)28(47)33-17(29(48)49)7-9-23(42)32-11-19(38)25(44)27(46)21(40)13-36/h1-5,16-21,24-27,35-40,43-46H,6-14H2,(H,31,41)(H,32,42)(H,33,47)(H,34,50)(H,48,49)/t16?,17-,18?,19?,20?,21?,24?,25?,26?,27?/m0/s1. The van der Waals surface area contributed by atoms with E-state index in [4.69, 9.17) is 14.9 Å². The third-order valence-electron chi connectivity index (χ3n) is 7.42. The largest absolute Gasteiger partial charge is 0.480 e. The fourth-order valence-electron chi connectivity index (χ4n) is 4.24. The van der Waals surface area contributed by atoms with Gasteiger partial charge in [0.15, 0.2) is 0 Å². The van der Waals surface area contributed by atoms with E-state index in [0.29, 0.717) is 5.56 Å². The van der Waals surface area contributed by atoms with Crippen LogP contribution >= 0.6 is 0 Å². The number of carboxylic acids is 1. The average Bonchev–Trinajstić information content (AvgIpc) is 3.13. The lowest BCUT2D eigenvalue weighted by Crippen LogP contribution is -2.52. The van der Waals surface area contributed by atoms with Gasteiger partial charge >= 0.3 is 12.1 Å². The zero-order valence-electron chi connectivity index (χ0n) is 27.4. The first-order valence-electron chi connectivity index (χ1n) is 15.7. The maximum Gasteiger partial charge on any atom is 0.408 e. The van der Waals surface area contributed by atoms with E-state index in [-0.39, 0.29) is 6.61 Å². The predicted molar refractivity (Wildman–Crippen MR) is 170 cm³/mol. The van der Waals surface area contributed by atoms with Crippen LogP contribution in [0.25, 0.3) is 0 Å². The van der Waals surface area contributed by atoms with Crippen molar-refractivity contribution >= 4 is 29.8 Å². The van der Waals surface area contributed by atoms with Gasteiger partial charge < -0.3 is 82.2 Å². The number of aliphatic hydroxyl groups excluding tert-OH is 10. The Morgan fingerprint density at radius 2 is 1.04 bits per heavy atom. The molecule has 10 atom stereocenters.